The fourth-order valence-electron chi connectivity index (χ4n) is 3.22. The highest BCUT2D eigenvalue weighted by Gasteiger charge is 2.30. The molecule has 6 heteroatoms. The number of piperazine rings is 1. The molecule has 1 saturated heterocycles. The monoisotopic (exact) mass is 328 g/mol. The third-order valence-corrected chi connectivity index (χ3v) is 4.66. The highest BCUT2D eigenvalue weighted by atomic mass is 16.5. The Morgan fingerprint density at radius 3 is 2.62 bits per heavy atom. The fraction of sp³-hybridized carbons (Fsp3) is 0.444. The Hall–Kier alpha value is -2.34. The van der Waals surface area contributed by atoms with Gasteiger partial charge in [0.05, 0.1) is 19.7 Å². The smallest absolute Gasteiger partial charge is 0.220 e. The summed E-state index contributed by atoms with van der Waals surface area (Å²) in [5, 5.41) is 0. The molecule has 0 radical (unpaired) electrons. The lowest BCUT2D eigenvalue weighted by molar-refractivity contribution is -0.134. The molecule has 1 atom stereocenters. The predicted octanol–water partition coefficient (Wildman–Crippen LogP) is 1.83. The number of benzene rings is 1. The maximum absolute atomic E-state index is 12.0. The van der Waals surface area contributed by atoms with E-state index < -0.39 is 0 Å². The van der Waals surface area contributed by atoms with Crippen LogP contribution in [-0.4, -0.2) is 52.0 Å². The lowest BCUT2D eigenvalue weighted by Crippen LogP contribution is -2.49. The summed E-state index contributed by atoms with van der Waals surface area (Å²) < 4.78 is 7.27. The van der Waals surface area contributed by atoms with Gasteiger partial charge in [-0.15, -0.1) is 0 Å². The third kappa shape index (κ3) is 3.43. The highest BCUT2D eigenvalue weighted by molar-refractivity contribution is 5.74. The number of carbonyl (C=O) groups is 1. The fourth-order valence-corrected chi connectivity index (χ4v) is 3.22. The first-order chi connectivity index (χ1) is 11.6. The van der Waals surface area contributed by atoms with Crippen LogP contribution < -0.4 is 4.74 Å². The summed E-state index contributed by atoms with van der Waals surface area (Å²) >= 11 is 0. The molecule has 6 nitrogen and oxygen atoms in total. The summed E-state index contributed by atoms with van der Waals surface area (Å²) in [6.07, 6.45) is 3.78. The molecular weight excluding hydrogens is 304 g/mol. The van der Waals surface area contributed by atoms with Crippen molar-refractivity contribution in [1.82, 2.24) is 19.4 Å². The molecule has 0 N–H and O–H groups in total. The van der Waals surface area contributed by atoms with Crippen molar-refractivity contribution >= 4 is 5.91 Å². The molecule has 2 aromatic rings. The number of hydrogen-bond donors (Lipinski definition) is 0. The molecule has 0 spiro atoms. The van der Waals surface area contributed by atoms with E-state index in [1.165, 1.54) is 0 Å². The Balaban J connectivity index is 1.79. The van der Waals surface area contributed by atoms with Crippen molar-refractivity contribution in [3.8, 4) is 5.75 Å². The molecule has 128 valence electrons. The Bertz CT molecular complexity index is 695. The van der Waals surface area contributed by atoms with Crippen LogP contribution in [-0.2, 0) is 18.4 Å². The number of carbonyl (C=O) groups excluding carboxylic acids is 1. The molecule has 1 amide bonds. The summed E-state index contributed by atoms with van der Waals surface area (Å²) in [5.41, 5.74) is 1.13. The number of ether oxygens (including phenoxy) is 1. The topological polar surface area (TPSA) is 50.6 Å². The molecule has 0 bridgehead atoms. The summed E-state index contributed by atoms with van der Waals surface area (Å²) in [6.45, 7) is 4.83. The van der Waals surface area contributed by atoms with Gasteiger partial charge in [-0.05, 0) is 17.7 Å². The minimum atomic E-state index is 0.0578. The van der Waals surface area contributed by atoms with Crippen molar-refractivity contribution < 1.29 is 9.53 Å². The minimum absolute atomic E-state index is 0.0578. The highest BCUT2D eigenvalue weighted by Crippen LogP contribution is 2.27. The second-order valence-corrected chi connectivity index (χ2v) is 6.19. The second-order valence-electron chi connectivity index (χ2n) is 6.19. The van der Waals surface area contributed by atoms with E-state index in [0.29, 0.717) is 0 Å². The summed E-state index contributed by atoms with van der Waals surface area (Å²) in [6, 6.07) is 8.05. The van der Waals surface area contributed by atoms with Crippen LogP contribution in [0.15, 0.2) is 36.7 Å². The number of imidazole rings is 1. The van der Waals surface area contributed by atoms with Crippen molar-refractivity contribution in [3.63, 3.8) is 0 Å². The Morgan fingerprint density at radius 1 is 1.29 bits per heavy atom. The molecule has 24 heavy (non-hydrogen) atoms. The number of aromatic nitrogens is 2. The van der Waals surface area contributed by atoms with E-state index in [1.54, 1.807) is 14.0 Å². The van der Waals surface area contributed by atoms with E-state index in [1.807, 2.05) is 53.2 Å². The predicted molar refractivity (Wildman–Crippen MR) is 91.6 cm³/mol. The molecular formula is C18H24N4O2. The van der Waals surface area contributed by atoms with Gasteiger partial charge < -0.3 is 14.2 Å². The van der Waals surface area contributed by atoms with Crippen molar-refractivity contribution in [2.75, 3.05) is 26.7 Å². The largest absolute Gasteiger partial charge is 0.497 e. The van der Waals surface area contributed by atoms with Crippen LogP contribution in [0, 0.1) is 0 Å². The summed E-state index contributed by atoms with van der Waals surface area (Å²) in [4.78, 5) is 20.8. The maximum Gasteiger partial charge on any atom is 0.220 e. The van der Waals surface area contributed by atoms with Gasteiger partial charge in [-0.3, -0.25) is 9.69 Å². The van der Waals surface area contributed by atoms with Crippen LogP contribution in [0.5, 0.6) is 5.75 Å². The van der Waals surface area contributed by atoms with Crippen LogP contribution in [0.4, 0.5) is 0 Å². The van der Waals surface area contributed by atoms with Crippen LogP contribution >= 0.6 is 0 Å². The van der Waals surface area contributed by atoms with E-state index in [-0.39, 0.29) is 11.9 Å². The number of hydrogen-bond acceptors (Lipinski definition) is 4. The first kappa shape index (κ1) is 16.5. The molecule has 1 aliphatic rings. The maximum atomic E-state index is 12.0. The molecule has 0 saturated carbocycles. The molecule has 1 aromatic carbocycles. The minimum Gasteiger partial charge on any atom is -0.497 e. The number of amides is 1. The zero-order chi connectivity index (χ0) is 17.1. The zero-order valence-electron chi connectivity index (χ0n) is 14.5. The molecule has 1 aliphatic heterocycles. The van der Waals surface area contributed by atoms with Gasteiger partial charge in [-0.25, -0.2) is 4.98 Å². The molecule has 0 unspecified atom stereocenters. The molecule has 2 heterocycles. The average molecular weight is 328 g/mol. The average Bonchev–Trinajstić information content (AvgIpc) is 2.99. The van der Waals surface area contributed by atoms with E-state index >= 15 is 0 Å². The molecule has 1 fully saturated rings. The normalized spacial score (nSPS) is 18.6. The first-order valence-electron chi connectivity index (χ1n) is 8.18. The molecule has 0 aliphatic carbocycles. The number of nitrogens with zero attached hydrogens (tertiary/aromatic N) is 4. The van der Waals surface area contributed by atoms with Gasteiger partial charge >= 0.3 is 0 Å². The standard InChI is InChI=1S/C18H24N4O2/c1-14(23)22-11-10-21(13-18-19-8-9-20(18)2)12-17(22)15-4-6-16(24-3)7-5-15/h4-9,17H,10-13H2,1-3H3/t17-/m1/s1. The van der Waals surface area contributed by atoms with Gasteiger partial charge in [-0.1, -0.05) is 12.1 Å². The van der Waals surface area contributed by atoms with Crippen molar-refractivity contribution in [2.24, 2.45) is 7.05 Å². The quantitative estimate of drug-likeness (QED) is 0.859. The van der Waals surface area contributed by atoms with Crippen molar-refractivity contribution in [1.29, 1.82) is 0 Å². The molecule has 3 rings (SSSR count). The van der Waals surface area contributed by atoms with Gasteiger partial charge in [0.15, 0.2) is 0 Å². The van der Waals surface area contributed by atoms with Gasteiger partial charge in [-0.2, -0.15) is 0 Å². The van der Waals surface area contributed by atoms with E-state index in [2.05, 4.69) is 9.88 Å². The Kier molecular flexibility index (Phi) is 4.85. The van der Waals surface area contributed by atoms with Crippen LogP contribution in [0.3, 0.4) is 0 Å². The van der Waals surface area contributed by atoms with Crippen LogP contribution in [0.25, 0.3) is 0 Å². The van der Waals surface area contributed by atoms with Gasteiger partial charge in [0.1, 0.15) is 11.6 Å². The number of rotatable bonds is 4. The van der Waals surface area contributed by atoms with Gasteiger partial charge in [0, 0.05) is 46.0 Å². The van der Waals surface area contributed by atoms with Gasteiger partial charge in [0.2, 0.25) is 5.91 Å². The van der Waals surface area contributed by atoms with Crippen LogP contribution in [0.1, 0.15) is 24.4 Å². The lowest BCUT2D eigenvalue weighted by Gasteiger charge is -2.41. The van der Waals surface area contributed by atoms with Gasteiger partial charge in [0.25, 0.3) is 0 Å². The van der Waals surface area contributed by atoms with E-state index in [9.17, 15) is 4.79 Å². The Labute approximate surface area is 142 Å². The van der Waals surface area contributed by atoms with E-state index in [0.717, 1.165) is 43.3 Å². The second kappa shape index (κ2) is 7.05. The number of methoxy groups -OCH3 is 1. The SMILES string of the molecule is COc1ccc([C@H]2CN(Cc3nccn3C)CCN2C(C)=O)cc1. The van der Waals surface area contributed by atoms with Crippen molar-refractivity contribution in [3.05, 3.63) is 48.0 Å². The molecule has 1 aromatic heterocycles. The van der Waals surface area contributed by atoms with Crippen LogP contribution in [0.2, 0.25) is 0 Å². The van der Waals surface area contributed by atoms with E-state index in [4.69, 9.17) is 4.74 Å². The lowest BCUT2D eigenvalue weighted by atomic mass is 10.0. The Morgan fingerprint density at radius 2 is 2.04 bits per heavy atom. The summed E-state index contributed by atoms with van der Waals surface area (Å²) in [5.74, 6) is 1.99. The van der Waals surface area contributed by atoms with Crippen molar-refractivity contribution in [2.45, 2.75) is 19.5 Å². The zero-order valence-corrected chi connectivity index (χ0v) is 14.5. The first-order valence-corrected chi connectivity index (χ1v) is 8.18. The number of aryl methyl sites for hydroxylation is 1. The third-order valence-electron chi connectivity index (χ3n) is 4.66. The summed E-state index contributed by atoms with van der Waals surface area (Å²) in [7, 11) is 3.67.